The van der Waals surface area contributed by atoms with E-state index in [4.69, 9.17) is 4.74 Å². The number of hydrazine groups is 1. The number of rotatable bonds is 9. The third-order valence-electron chi connectivity index (χ3n) is 5.13. The molecular weight excluding hydrogens is 423 g/mol. The van der Waals surface area contributed by atoms with Gasteiger partial charge in [-0.15, -0.1) is 0 Å². The van der Waals surface area contributed by atoms with Crippen molar-refractivity contribution in [2.24, 2.45) is 5.92 Å². The molecule has 1 aromatic rings. The lowest BCUT2D eigenvalue weighted by atomic mass is 10.0. The number of nitrogens with zero attached hydrogens (tertiary/aromatic N) is 1. The molecule has 0 aromatic heterocycles. The molecule has 0 bridgehead atoms. The standard InChI is InChI=1S/C21H29FN4O6/c1-12(2)18(23-11-27)19(29)24-17(9-13-7-14(22)10-15(28)8-13)20(30)26-6-4-5-16(25-26)21(31)32-3/h7-8,10-12,16-18,25,28H,4-6,9H2,1-3H3,(H,23,27)(H,24,29). The molecule has 3 amide bonds. The third kappa shape index (κ3) is 6.64. The van der Waals surface area contributed by atoms with Crippen LogP contribution in [-0.2, 0) is 30.3 Å². The average molecular weight is 452 g/mol. The maximum Gasteiger partial charge on any atom is 0.324 e. The van der Waals surface area contributed by atoms with Gasteiger partial charge in [-0.05, 0) is 36.5 Å². The number of ether oxygens (including phenoxy) is 1. The van der Waals surface area contributed by atoms with E-state index in [1.54, 1.807) is 13.8 Å². The maximum atomic E-state index is 13.8. The Balaban J connectivity index is 2.27. The van der Waals surface area contributed by atoms with Crippen LogP contribution in [0.25, 0.3) is 0 Å². The number of esters is 1. The number of aromatic hydroxyl groups is 1. The molecule has 1 fully saturated rings. The second-order valence-corrected chi connectivity index (χ2v) is 7.93. The van der Waals surface area contributed by atoms with Crippen molar-refractivity contribution in [3.8, 4) is 5.75 Å². The number of methoxy groups -OCH3 is 1. The fourth-order valence-corrected chi connectivity index (χ4v) is 3.54. The van der Waals surface area contributed by atoms with Crippen LogP contribution in [0.5, 0.6) is 5.75 Å². The van der Waals surface area contributed by atoms with Crippen LogP contribution in [0, 0.1) is 11.7 Å². The van der Waals surface area contributed by atoms with Crippen LogP contribution < -0.4 is 16.1 Å². The van der Waals surface area contributed by atoms with Gasteiger partial charge in [0.2, 0.25) is 12.3 Å². The number of phenolic OH excluding ortho intramolecular Hbond substituents is 1. The van der Waals surface area contributed by atoms with Crippen molar-refractivity contribution < 1.29 is 33.4 Å². The summed E-state index contributed by atoms with van der Waals surface area (Å²) >= 11 is 0. The van der Waals surface area contributed by atoms with Crippen LogP contribution in [0.1, 0.15) is 32.3 Å². The quantitative estimate of drug-likeness (QED) is 0.306. The van der Waals surface area contributed by atoms with Crippen LogP contribution in [0.15, 0.2) is 18.2 Å². The second-order valence-electron chi connectivity index (χ2n) is 7.93. The van der Waals surface area contributed by atoms with Crippen molar-refractivity contribution in [1.82, 2.24) is 21.1 Å². The van der Waals surface area contributed by atoms with Crippen LogP contribution in [0.3, 0.4) is 0 Å². The topological polar surface area (TPSA) is 137 Å². The van der Waals surface area contributed by atoms with Crippen molar-refractivity contribution in [3.63, 3.8) is 0 Å². The Morgan fingerprint density at radius 2 is 2.06 bits per heavy atom. The van der Waals surface area contributed by atoms with E-state index in [1.165, 1.54) is 18.2 Å². The van der Waals surface area contributed by atoms with Crippen molar-refractivity contribution in [2.75, 3.05) is 13.7 Å². The number of hydrogen-bond acceptors (Lipinski definition) is 7. The van der Waals surface area contributed by atoms with Gasteiger partial charge in [-0.3, -0.25) is 24.2 Å². The molecule has 32 heavy (non-hydrogen) atoms. The first-order chi connectivity index (χ1) is 15.2. The van der Waals surface area contributed by atoms with E-state index in [-0.39, 0.29) is 30.2 Å². The Morgan fingerprint density at radius 3 is 2.66 bits per heavy atom. The lowest BCUT2D eigenvalue weighted by molar-refractivity contribution is -0.151. The second kappa shape index (κ2) is 11.4. The van der Waals surface area contributed by atoms with Crippen molar-refractivity contribution >= 4 is 24.2 Å². The molecule has 11 heteroatoms. The minimum atomic E-state index is -1.15. The van der Waals surface area contributed by atoms with Gasteiger partial charge in [0.1, 0.15) is 29.7 Å². The molecule has 10 nitrogen and oxygen atoms in total. The number of carbonyl (C=O) groups excluding carboxylic acids is 4. The molecule has 1 heterocycles. The first-order valence-corrected chi connectivity index (χ1v) is 10.3. The molecule has 1 aliphatic rings. The fourth-order valence-electron chi connectivity index (χ4n) is 3.54. The van der Waals surface area contributed by atoms with Crippen LogP contribution in [0.2, 0.25) is 0 Å². The Kier molecular flexibility index (Phi) is 8.94. The first-order valence-electron chi connectivity index (χ1n) is 10.3. The molecule has 0 saturated carbocycles. The number of amides is 3. The molecule has 176 valence electrons. The minimum Gasteiger partial charge on any atom is -0.508 e. The zero-order chi connectivity index (χ0) is 23.8. The summed E-state index contributed by atoms with van der Waals surface area (Å²) in [5.41, 5.74) is 3.09. The summed E-state index contributed by atoms with van der Waals surface area (Å²) in [6, 6.07) is 0.612. The van der Waals surface area contributed by atoms with Crippen LogP contribution >= 0.6 is 0 Å². The number of benzene rings is 1. The molecule has 3 atom stereocenters. The highest BCUT2D eigenvalue weighted by molar-refractivity contribution is 5.91. The summed E-state index contributed by atoms with van der Waals surface area (Å²) in [4.78, 5) is 48.8. The van der Waals surface area contributed by atoms with E-state index in [9.17, 15) is 28.7 Å². The van der Waals surface area contributed by atoms with Gasteiger partial charge in [-0.2, -0.15) is 0 Å². The lowest BCUT2D eigenvalue weighted by Gasteiger charge is -2.35. The van der Waals surface area contributed by atoms with Crippen LogP contribution in [0.4, 0.5) is 4.39 Å². The monoisotopic (exact) mass is 452 g/mol. The third-order valence-corrected chi connectivity index (χ3v) is 5.13. The van der Waals surface area contributed by atoms with E-state index in [1.807, 2.05) is 0 Å². The highest BCUT2D eigenvalue weighted by Crippen LogP contribution is 2.18. The molecule has 1 saturated heterocycles. The molecule has 0 spiro atoms. The summed E-state index contributed by atoms with van der Waals surface area (Å²) in [5, 5.41) is 16.0. The van der Waals surface area contributed by atoms with Gasteiger partial charge in [0.15, 0.2) is 0 Å². The van der Waals surface area contributed by atoms with Gasteiger partial charge < -0.3 is 20.5 Å². The van der Waals surface area contributed by atoms with E-state index >= 15 is 0 Å². The maximum absolute atomic E-state index is 13.8. The zero-order valence-electron chi connectivity index (χ0n) is 18.3. The Hall–Kier alpha value is -3.21. The summed E-state index contributed by atoms with van der Waals surface area (Å²) in [7, 11) is 1.25. The van der Waals surface area contributed by atoms with E-state index in [0.717, 1.165) is 12.1 Å². The predicted octanol–water partition coefficient (Wildman–Crippen LogP) is -0.00220. The molecule has 0 aliphatic carbocycles. The van der Waals surface area contributed by atoms with Crippen LogP contribution in [-0.4, -0.2) is 66.1 Å². The molecule has 1 aromatic carbocycles. The highest BCUT2D eigenvalue weighted by atomic mass is 19.1. The first kappa shape index (κ1) is 25.1. The predicted molar refractivity (Wildman–Crippen MR) is 111 cm³/mol. The van der Waals surface area contributed by atoms with Crippen molar-refractivity contribution in [1.29, 1.82) is 0 Å². The van der Waals surface area contributed by atoms with Gasteiger partial charge in [0.25, 0.3) is 5.91 Å². The largest absolute Gasteiger partial charge is 0.508 e. The van der Waals surface area contributed by atoms with Gasteiger partial charge in [0.05, 0.1) is 7.11 Å². The summed E-state index contributed by atoms with van der Waals surface area (Å²) < 4.78 is 18.5. The summed E-state index contributed by atoms with van der Waals surface area (Å²) in [6.45, 7) is 3.75. The number of nitrogens with one attached hydrogen (secondary N) is 3. The molecule has 2 rings (SSSR count). The minimum absolute atomic E-state index is 0.122. The van der Waals surface area contributed by atoms with Gasteiger partial charge in [-0.1, -0.05) is 13.8 Å². The normalized spacial score (nSPS) is 17.9. The van der Waals surface area contributed by atoms with Gasteiger partial charge in [0, 0.05) is 19.0 Å². The molecule has 3 unspecified atom stereocenters. The zero-order valence-corrected chi connectivity index (χ0v) is 18.3. The molecule has 1 aliphatic heterocycles. The Bertz CT molecular complexity index is 829. The molecule has 0 radical (unpaired) electrons. The Labute approximate surface area is 185 Å². The Morgan fingerprint density at radius 1 is 1.34 bits per heavy atom. The van der Waals surface area contributed by atoms with E-state index < -0.39 is 41.7 Å². The SMILES string of the molecule is COC(=O)C1CCCN(C(=O)C(Cc2cc(O)cc(F)c2)NC(=O)C(NC=O)C(C)C)N1. The number of hydrogen-bond donors (Lipinski definition) is 4. The van der Waals surface area contributed by atoms with E-state index in [2.05, 4.69) is 16.1 Å². The highest BCUT2D eigenvalue weighted by Gasteiger charge is 2.34. The number of phenols is 1. The summed E-state index contributed by atoms with van der Waals surface area (Å²) in [5.74, 6) is -2.93. The smallest absolute Gasteiger partial charge is 0.324 e. The lowest BCUT2D eigenvalue weighted by Crippen LogP contribution is -2.61. The van der Waals surface area contributed by atoms with Crippen molar-refractivity contribution in [2.45, 2.75) is 51.2 Å². The number of halogens is 1. The van der Waals surface area contributed by atoms with Gasteiger partial charge in [-0.25, -0.2) is 9.82 Å². The van der Waals surface area contributed by atoms with E-state index in [0.29, 0.717) is 19.3 Å². The van der Waals surface area contributed by atoms with Gasteiger partial charge >= 0.3 is 5.97 Å². The fraction of sp³-hybridized carbons (Fsp3) is 0.524. The summed E-state index contributed by atoms with van der Waals surface area (Å²) in [6.07, 6.45) is 1.28. The average Bonchev–Trinajstić information content (AvgIpc) is 2.75. The number of carbonyl (C=O) groups is 4. The molecular formula is C21H29FN4O6. The molecule has 4 N–H and O–H groups in total. The van der Waals surface area contributed by atoms with Crippen molar-refractivity contribution in [3.05, 3.63) is 29.6 Å².